The van der Waals surface area contributed by atoms with Crippen LogP contribution in [-0.4, -0.2) is 31.3 Å². The molecule has 0 aliphatic carbocycles. The fourth-order valence-corrected chi connectivity index (χ4v) is 5.35. The summed E-state index contributed by atoms with van der Waals surface area (Å²) in [6.07, 6.45) is 1.80. The van der Waals surface area contributed by atoms with E-state index in [4.69, 9.17) is 4.74 Å². The first-order chi connectivity index (χ1) is 16.0. The molecular weight excluding hydrogens is 454 g/mol. The second kappa shape index (κ2) is 8.84. The number of nitrogens with zero attached hydrogens (tertiary/aromatic N) is 5. The van der Waals surface area contributed by atoms with Gasteiger partial charge in [-0.3, -0.25) is 13.8 Å². The van der Waals surface area contributed by atoms with Gasteiger partial charge in [-0.2, -0.15) is 0 Å². The SMILES string of the molecule is COc1ccccc1-n1c(SCc2cc(=O)n3cc(C)ccc3n2)nnc1-c1sccc1C. The van der Waals surface area contributed by atoms with E-state index in [0.717, 1.165) is 33.3 Å². The minimum atomic E-state index is -0.0969. The third-order valence-corrected chi connectivity index (χ3v) is 7.21. The predicted molar refractivity (Wildman–Crippen MR) is 132 cm³/mol. The zero-order valence-electron chi connectivity index (χ0n) is 18.3. The molecule has 0 atom stereocenters. The highest BCUT2D eigenvalue weighted by molar-refractivity contribution is 7.98. The van der Waals surface area contributed by atoms with Crippen molar-refractivity contribution in [1.29, 1.82) is 0 Å². The van der Waals surface area contributed by atoms with Gasteiger partial charge < -0.3 is 4.74 Å². The summed E-state index contributed by atoms with van der Waals surface area (Å²) in [5, 5.41) is 11.8. The Labute approximate surface area is 198 Å². The molecule has 0 bridgehead atoms. The average molecular weight is 476 g/mol. The Bertz CT molecular complexity index is 1520. The van der Waals surface area contributed by atoms with Crippen molar-refractivity contribution in [2.45, 2.75) is 24.8 Å². The van der Waals surface area contributed by atoms with Crippen LogP contribution in [0, 0.1) is 13.8 Å². The summed E-state index contributed by atoms with van der Waals surface area (Å²) >= 11 is 3.11. The number of thiophene rings is 1. The van der Waals surface area contributed by atoms with Crippen LogP contribution in [0.2, 0.25) is 0 Å². The summed E-state index contributed by atoms with van der Waals surface area (Å²) in [5.41, 5.74) is 4.23. The Balaban J connectivity index is 1.56. The van der Waals surface area contributed by atoms with Gasteiger partial charge in [0.15, 0.2) is 11.0 Å². The molecule has 0 saturated heterocycles. The first-order valence-electron chi connectivity index (χ1n) is 10.3. The van der Waals surface area contributed by atoms with Crippen molar-refractivity contribution >= 4 is 28.7 Å². The number of para-hydroxylation sites is 2. The summed E-state index contributed by atoms with van der Waals surface area (Å²) in [4.78, 5) is 18.3. The molecule has 0 aliphatic heterocycles. The van der Waals surface area contributed by atoms with Crippen molar-refractivity contribution in [3.05, 3.63) is 87.3 Å². The van der Waals surface area contributed by atoms with Gasteiger partial charge in [-0.1, -0.05) is 30.0 Å². The Morgan fingerprint density at radius 1 is 1.09 bits per heavy atom. The number of methoxy groups -OCH3 is 1. The lowest BCUT2D eigenvalue weighted by atomic mass is 10.2. The van der Waals surface area contributed by atoms with E-state index in [-0.39, 0.29) is 5.56 Å². The topological polar surface area (TPSA) is 74.3 Å². The monoisotopic (exact) mass is 475 g/mol. The largest absolute Gasteiger partial charge is 0.495 e. The van der Waals surface area contributed by atoms with Crippen molar-refractivity contribution in [2.75, 3.05) is 7.11 Å². The van der Waals surface area contributed by atoms with Gasteiger partial charge in [0.25, 0.3) is 5.56 Å². The number of hydrogen-bond donors (Lipinski definition) is 0. The number of pyridine rings is 1. The van der Waals surface area contributed by atoms with E-state index >= 15 is 0 Å². The molecule has 4 heterocycles. The Morgan fingerprint density at radius 2 is 1.94 bits per heavy atom. The maximum absolute atomic E-state index is 12.6. The third kappa shape index (κ3) is 4.05. The van der Waals surface area contributed by atoms with Crippen molar-refractivity contribution in [3.63, 3.8) is 0 Å². The van der Waals surface area contributed by atoms with Crippen LogP contribution in [0.15, 0.2) is 70.1 Å². The summed E-state index contributed by atoms with van der Waals surface area (Å²) in [6.45, 7) is 4.02. The number of ether oxygens (including phenoxy) is 1. The zero-order chi connectivity index (χ0) is 22.9. The van der Waals surface area contributed by atoms with E-state index in [0.29, 0.717) is 22.3 Å². The van der Waals surface area contributed by atoms with Crippen molar-refractivity contribution in [2.24, 2.45) is 0 Å². The number of thioether (sulfide) groups is 1. The van der Waals surface area contributed by atoms with Crippen LogP contribution in [0.25, 0.3) is 22.0 Å². The van der Waals surface area contributed by atoms with Crippen LogP contribution < -0.4 is 10.3 Å². The molecule has 0 N–H and O–H groups in total. The average Bonchev–Trinajstić information content (AvgIpc) is 3.43. The fraction of sp³-hybridized carbons (Fsp3) is 0.167. The van der Waals surface area contributed by atoms with Crippen LogP contribution in [0.4, 0.5) is 0 Å². The van der Waals surface area contributed by atoms with Crippen LogP contribution in [0.3, 0.4) is 0 Å². The molecule has 0 aliphatic rings. The van der Waals surface area contributed by atoms with Crippen LogP contribution in [-0.2, 0) is 5.75 Å². The van der Waals surface area contributed by atoms with Gasteiger partial charge >= 0.3 is 0 Å². The molecule has 0 fully saturated rings. The summed E-state index contributed by atoms with van der Waals surface area (Å²) in [5.74, 6) is 1.97. The van der Waals surface area contributed by atoms with Crippen LogP contribution in [0.5, 0.6) is 5.75 Å². The maximum Gasteiger partial charge on any atom is 0.258 e. The van der Waals surface area contributed by atoms with Gasteiger partial charge in [0, 0.05) is 18.0 Å². The molecule has 0 saturated carbocycles. The summed E-state index contributed by atoms with van der Waals surface area (Å²) < 4.78 is 9.21. The second-order valence-electron chi connectivity index (χ2n) is 7.56. The minimum Gasteiger partial charge on any atom is -0.495 e. The molecule has 0 spiro atoms. The highest BCUT2D eigenvalue weighted by atomic mass is 32.2. The maximum atomic E-state index is 12.6. The lowest BCUT2D eigenvalue weighted by Crippen LogP contribution is -2.15. The Morgan fingerprint density at radius 3 is 2.73 bits per heavy atom. The van der Waals surface area contributed by atoms with Gasteiger partial charge in [0.05, 0.1) is 23.4 Å². The van der Waals surface area contributed by atoms with E-state index < -0.39 is 0 Å². The first-order valence-corrected chi connectivity index (χ1v) is 12.2. The number of rotatable bonds is 6. The van der Waals surface area contributed by atoms with Gasteiger partial charge in [0.2, 0.25) is 0 Å². The number of hydrogen-bond acceptors (Lipinski definition) is 7. The van der Waals surface area contributed by atoms with Crippen molar-refractivity contribution in [1.82, 2.24) is 24.1 Å². The molecular formula is C24H21N5O2S2. The molecule has 7 nitrogen and oxygen atoms in total. The molecule has 9 heteroatoms. The van der Waals surface area contributed by atoms with E-state index in [1.54, 1.807) is 35.1 Å². The summed E-state index contributed by atoms with van der Waals surface area (Å²) in [7, 11) is 1.65. The number of aryl methyl sites for hydroxylation is 2. The van der Waals surface area contributed by atoms with Gasteiger partial charge in [-0.05, 0) is 54.6 Å². The zero-order valence-corrected chi connectivity index (χ0v) is 20.0. The number of benzene rings is 1. The Kier molecular flexibility index (Phi) is 5.74. The van der Waals surface area contributed by atoms with Gasteiger partial charge in [-0.25, -0.2) is 4.98 Å². The van der Waals surface area contributed by atoms with E-state index in [2.05, 4.69) is 28.2 Å². The molecule has 1 aromatic carbocycles. The van der Waals surface area contributed by atoms with E-state index in [1.807, 2.05) is 53.3 Å². The smallest absolute Gasteiger partial charge is 0.258 e. The highest BCUT2D eigenvalue weighted by Gasteiger charge is 2.21. The van der Waals surface area contributed by atoms with E-state index in [1.165, 1.54) is 11.8 Å². The summed E-state index contributed by atoms with van der Waals surface area (Å²) in [6, 6.07) is 15.3. The van der Waals surface area contributed by atoms with Crippen LogP contribution in [0.1, 0.15) is 16.8 Å². The fourth-order valence-electron chi connectivity index (χ4n) is 3.61. The minimum absolute atomic E-state index is 0.0969. The molecule has 33 heavy (non-hydrogen) atoms. The first kappa shape index (κ1) is 21.4. The molecule has 0 unspecified atom stereocenters. The molecule has 4 aromatic heterocycles. The standard InChI is InChI=1S/C24H21N5O2S2/c1-15-8-9-20-25-17(12-21(30)28(20)13-15)14-33-24-27-26-23(22-16(2)10-11-32-22)29(24)18-6-4-5-7-19(18)31-3/h4-13H,14H2,1-3H3. The third-order valence-electron chi connectivity index (χ3n) is 5.23. The van der Waals surface area contributed by atoms with Gasteiger partial charge in [-0.15, -0.1) is 21.5 Å². The van der Waals surface area contributed by atoms with Crippen molar-refractivity contribution < 1.29 is 4.74 Å². The number of aromatic nitrogens is 5. The van der Waals surface area contributed by atoms with Crippen LogP contribution >= 0.6 is 23.1 Å². The predicted octanol–water partition coefficient (Wildman–Crippen LogP) is 4.92. The molecule has 166 valence electrons. The number of fused-ring (bicyclic) bond motifs is 1. The highest BCUT2D eigenvalue weighted by Crippen LogP contribution is 2.36. The quantitative estimate of drug-likeness (QED) is 0.325. The second-order valence-corrected chi connectivity index (χ2v) is 9.41. The normalized spacial score (nSPS) is 11.2. The van der Waals surface area contributed by atoms with E-state index in [9.17, 15) is 4.79 Å². The van der Waals surface area contributed by atoms with Gasteiger partial charge in [0.1, 0.15) is 11.4 Å². The lowest BCUT2D eigenvalue weighted by molar-refractivity contribution is 0.412. The molecule has 0 amide bonds. The lowest BCUT2D eigenvalue weighted by Gasteiger charge is -2.13. The molecule has 0 radical (unpaired) electrons. The Hall–Kier alpha value is -3.43. The van der Waals surface area contributed by atoms with Crippen molar-refractivity contribution in [3.8, 4) is 22.1 Å². The molecule has 5 aromatic rings. The molecule has 5 rings (SSSR count).